The average molecular weight is 211 g/mol. The van der Waals surface area contributed by atoms with E-state index in [-0.39, 0.29) is 13.2 Å². The first-order chi connectivity index (χ1) is 7.19. The standard InChI is InChI=1S/C9H13N3O3/c13-6-7-3-8-4-11(5-9(14)15)1-2-12(8)10-7/h3,13H,1-2,4-6H2,(H,14,15). The van der Waals surface area contributed by atoms with E-state index in [2.05, 4.69) is 5.10 Å². The molecule has 0 saturated heterocycles. The number of aliphatic carboxylic acids is 1. The van der Waals surface area contributed by atoms with Crippen LogP contribution in [0.15, 0.2) is 6.07 Å². The predicted molar refractivity (Wildman–Crippen MR) is 51.1 cm³/mol. The van der Waals surface area contributed by atoms with E-state index in [0.29, 0.717) is 25.3 Å². The van der Waals surface area contributed by atoms with E-state index < -0.39 is 5.97 Å². The van der Waals surface area contributed by atoms with Gasteiger partial charge in [-0.3, -0.25) is 14.4 Å². The Kier molecular flexibility index (Phi) is 2.70. The molecule has 0 aliphatic carbocycles. The van der Waals surface area contributed by atoms with Crippen LogP contribution in [0, 0.1) is 0 Å². The van der Waals surface area contributed by atoms with E-state index in [1.165, 1.54) is 0 Å². The lowest BCUT2D eigenvalue weighted by Gasteiger charge is -2.25. The van der Waals surface area contributed by atoms with Gasteiger partial charge in [0.1, 0.15) is 0 Å². The SMILES string of the molecule is O=C(O)CN1CCn2nc(CO)cc2C1. The summed E-state index contributed by atoms with van der Waals surface area (Å²) in [5, 5.41) is 21.8. The highest BCUT2D eigenvalue weighted by Crippen LogP contribution is 2.13. The summed E-state index contributed by atoms with van der Waals surface area (Å²) in [6.07, 6.45) is 0. The first kappa shape index (κ1) is 10.1. The van der Waals surface area contributed by atoms with Crippen LogP contribution in [0.3, 0.4) is 0 Å². The van der Waals surface area contributed by atoms with Crippen molar-refractivity contribution in [2.24, 2.45) is 0 Å². The molecule has 6 nitrogen and oxygen atoms in total. The molecular weight excluding hydrogens is 198 g/mol. The van der Waals surface area contributed by atoms with Gasteiger partial charge in [0.2, 0.25) is 0 Å². The number of aliphatic hydroxyl groups is 1. The van der Waals surface area contributed by atoms with Crippen molar-refractivity contribution >= 4 is 5.97 Å². The first-order valence-electron chi connectivity index (χ1n) is 4.79. The normalized spacial score (nSPS) is 16.3. The Labute approximate surface area is 86.7 Å². The van der Waals surface area contributed by atoms with Crippen LogP contribution in [0.1, 0.15) is 11.4 Å². The van der Waals surface area contributed by atoms with E-state index in [1.54, 1.807) is 0 Å². The fourth-order valence-corrected chi connectivity index (χ4v) is 1.78. The van der Waals surface area contributed by atoms with Crippen molar-refractivity contribution in [1.29, 1.82) is 0 Å². The average Bonchev–Trinajstić information content (AvgIpc) is 2.58. The molecule has 1 aromatic rings. The van der Waals surface area contributed by atoms with Gasteiger partial charge in [-0.2, -0.15) is 5.10 Å². The molecule has 1 aromatic heterocycles. The molecular formula is C9H13N3O3. The van der Waals surface area contributed by atoms with Crippen LogP contribution in [0.5, 0.6) is 0 Å². The van der Waals surface area contributed by atoms with Crippen LogP contribution >= 0.6 is 0 Å². The number of aromatic nitrogens is 2. The second-order valence-electron chi connectivity index (χ2n) is 3.61. The lowest BCUT2D eigenvalue weighted by atomic mass is 10.3. The van der Waals surface area contributed by atoms with Gasteiger partial charge in [0, 0.05) is 13.1 Å². The van der Waals surface area contributed by atoms with Gasteiger partial charge in [0.15, 0.2) is 0 Å². The quantitative estimate of drug-likeness (QED) is 0.689. The zero-order chi connectivity index (χ0) is 10.8. The van der Waals surface area contributed by atoms with Crippen molar-refractivity contribution in [3.05, 3.63) is 17.5 Å². The number of hydrogen-bond acceptors (Lipinski definition) is 4. The number of carboxylic acid groups (broad SMARTS) is 1. The minimum absolute atomic E-state index is 0.0552. The smallest absolute Gasteiger partial charge is 0.317 e. The summed E-state index contributed by atoms with van der Waals surface area (Å²) in [5.41, 5.74) is 1.61. The van der Waals surface area contributed by atoms with Crippen molar-refractivity contribution in [2.45, 2.75) is 19.7 Å². The monoisotopic (exact) mass is 211 g/mol. The minimum Gasteiger partial charge on any atom is -0.480 e. The summed E-state index contributed by atoms with van der Waals surface area (Å²) in [4.78, 5) is 12.4. The van der Waals surface area contributed by atoms with E-state index in [9.17, 15) is 4.79 Å². The molecule has 2 N–H and O–H groups in total. The molecule has 0 atom stereocenters. The van der Waals surface area contributed by atoms with Crippen LogP contribution in [0.2, 0.25) is 0 Å². The van der Waals surface area contributed by atoms with Gasteiger partial charge in [-0.1, -0.05) is 0 Å². The molecule has 0 saturated carbocycles. The highest BCUT2D eigenvalue weighted by Gasteiger charge is 2.19. The molecule has 0 amide bonds. The molecule has 2 heterocycles. The molecule has 0 radical (unpaired) electrons. The van der Waals surface area contributed by atoms with Gasteiger partial charge in [-0.05, 0) is 6.07 Å². The van der Waals surface area contributed by atoms with Crippen molar-refractivity contribution in [3.63, 3.8) is 0 Å². The second kappa shape index (κ2) is 4.00. The fraction of sp³-hybridized carbons (Fsp3) is 0.556. The summed E-state index contributed by atoms with van der Waals surface area (Å²) in [7, 11) is 0. The predicted octanol–water partition coefficient (Wildman–Crippen LogP) is -0.724. The van der Waals surface area contributed by atoms with E-state index in [4.69, 9.17) is 10.2 Å². The third-order valence-corrected chi connectivity index (χ3v) is 2.45. The van der Waals surface area contributed by atoms with Gasteiger partial charge in [-0.25, -0.2) is 0 Å². The number of carboxylic acids is 1. The van der Waals surface area contributed by atoms with Crippen LogP contribution in [-0.4, -0.2) is 44.0 Å². The van der Waals surface area contributed by atoms with E-state index >= 15 is 0 Å². The van der Waals surface area contributed by atoms with Crippen LogP contribution in [0.25, 0.3) is 0 Å². The Bertz CT molecular complexity index is 375. The van der Waals surface area contributed by atoms with Gasteiger partial charge < -0.3 is 10.2 Å². The zero-order valence-electron chi connectivity index (χ0n) is 8.26. The molecule has 0 bridgehead atoms. The third-order valence-electron chi connectivity index (χ3n) is 2.45. The molecule has 1 aliphatic heterocycles. The summed E-state index contributed by atoms with van der Waals surface area (Å²) >= 11 is 0. The van der Waals surface area contributed by atoms with Crippen molar-refractivity contribution in [1.82, 2.24) is 14.7 Å². The van der Waals surface area contributed by atoms with Crippen LogP contribution in [0.4, 0.5) is 0 Å². The zero-order valence-corrected chi connectivity index (χ0v) is 8.26. The molecule has 0 aromatic carbocycles. The number of carbonyl (C=O) groups is 1. The van der Waals surface area contributed by atoms with Gasteiger partial charge in [-0.15, -0.1) is 0 Å². The van der Waals surface area contributed by atoms with Gasteiger partial charge in [0.25, 0.3) is 0 Å². The van der Waals surface area contributed by atoms with Gasteiger partial charge in [0.05, 0.1) is 31.1 Å². The summed E-state index contributed by atoms with van der Waals surface area (Å²) < 4.78 is 1.82. The second-order valence-corrected chi connectivity index (χ2v) is 3.61. The molecule has 2 rings (SSSR count). The minimum atomic E-state index is -0.814. The molecule has 82 valence electrons. The highest BCUT2D eigenvalue weighted by molar-refractivity contribution is 5.69. The number of nitrogens with zero attached hydrogens (tertiary/aromatic N) is 3. The topological polar surface area (TPSA) is 78.6 Å². The Morgan fingerprint density at radius 3 is 3.00 bits per heavy atom. The van der Waals surface area contributed by atoms with Crippen LogP contribution < -0.4 is 0 Å². The molecule has 15 heavy (non-hydrogen) atoms. The summed E-state index contributed by atoms with van der Waals surface area (Å²) in [5.74, 6) is -0.814. The number of hydrogen-bond donors (Lipinski definition) is 2. The van der Waals surface area contributed by atoms with Gasteiger partial charge >= 0.3 is 5.97 Å². The number of aliphatic hydroxyl groups excluding tert-OH is 1. The lowest BCUT2D eigenvalue weighted by Crippen LogP contribution is -2.37. The molecule has 0 unspecified atom stereocenters. The molecule has 1 aliphatic rings. The van der Waals surface area contributed by atoms with E-state index in [1.807, 2.05) is 15.6 Å². The molecule has 0 fully saturated rings. The Balaban J connectivity index is 2.08. The third kappa shape index (κ3) is 2.16. The van der Waals surface area contributed by atoms with Crippen LogP contribution in [-0.2, 0) is 24.5 Å². The molecule has 0 spiro atoms. The largest absolute Gasteiger partial charge is 0.480 e. The highest BCUT2D eigenvalue weighted by atomic mass is 16.4. The first-order valence-corrected chi connectivity index (χ1v) is 4.79. The Morgan fingerprint density at radius 1 is 1.53 bits per heavy atom. The molecule has 6 heteroatoms. The maximum Gasteiger partial charge on any atom is 0.317 e. The van der Waals surface area contributed by atoms with Crippen molar-refractivity contribution < 1.29 is 15.0 Å². The Morgan fingerprint density at radius 2 is 2.33 bits per heavy atom. The summed E-state index contributed by atoms with van der Waals surface area (Å²) in [6.45, 7) is 1.94. The fourth-order valence-electron chi connectivity index (χ4n) is 1.78. The number of fused-ring (bicyclic) bond motifs is 1. The maximum absolute atomic E-state index is 10.5. The van der Waals surface area contributed by atoms with E-state index in [0.717, 1.165) is 5.69 Å². The van der Waals surface area contributed by atoms with Crippen molar-refractivity contribution in [2.75, 3.05) is 13.1 Å². The Hall–Kier alpha value is -1.40. The van der Waals surface area contributed by atoms with Crippen molar-refractivity contribution in [3.8, 4) is 0 Å². The maximum atomic E-state index is 10.5. The lowest BCUT2D eigenvalue weighted by molar-refractivity contribution is -0.138. The number of rotatable bonds is 3. The summed E-state index contributed by atoms with van der Waals surface area (Å²) in [6, 6.07) is 1.81.